The molecule has 1 amide bonds. The van der Waals surface area contributed by atoms with E-state index in [1.54, 1.807) is 32.5 Å². The third kappa shape index (κ3) is 5.40. The number of rotatable bonds is 5. The minimum atomic E-state index is -1.64. The van der Waals surface area contributed by atoms with Gasteiger partial charge in [-0.3, -0.25) is 4.79 Å². The van der Waals surface area contributed by atoms with E-state index in [1.807, 2.05) is 39.0 Å². The summed E-state index contributed by atoms with van der Waals surface area (Å²) in [6, 6.07) is 11.1. The molecule has 0 saturated heterocycles. The van der Waals surface area contributed by atoms with Crippen molar-refractivity contribution in [2.75, 3.05) is 11.9 Å². The number of carbonyl (C=O) groups is 1. The number of aromatic nitrogens is 5. The summed E-state index contributed by atoms with van der Waals surface area (Å²) in [5.41, 5.74) is 1.29. The van der Waals surface area contributed by atoms with E-state index in [2.05, 4.69) is 15.3 Å². The van der Waals surface area contributed by atoms with Crippen molar-refractivity contribution in [2.45, 2.75) is 77.7 Å². The van der Waals surface area contributed by atoms with Gasteiger partial charge in [-0.2, -0.15) is 4.98 Å². The number of halogens is 1. The molecule has 41 heavy (non-hydrogen) atoms. The fourth-order valence-corrected chi connectivity index (χ4v) is 5.04. The number of nitrogens with zero attached hydrogens (tertiary/aromatic N) is 6. The molecule has 0 unspecified atom stereocenters. The van der Waals surface area contributed by atoms with Gasteiger partial charge in [0, 0.05) is 25.0 Å². The third-order valence-corrected chi connectivity index (χ3v) is 7.20. The van der Waals surface area contributed by atoms with Crippen molar-refractivity contribution < 1.29 is 13.9 Å². The Kier molecular flexibility index (Phi) is 6.35. The first kappa shape index (κ1) is 26.9. The van der Waals surface area contributed by atoms with E-state index in [4.69, 9.17) is 9.72 Å². The molecule has 1 aromatic carbocycles. The number of alkyl halides is 1. The van der Waals surface area contributed by atoms with Gasteiger partial charge in [-0.1, -0.05) is 12.1 Å². The van der Waals surface area contributed by atoms with Crippen molar-refractivity contribution in [1.82, 2.24) is 29.2 Å². The van der Waals surface area contributed by atoms with Crippen LogP contribution in [-0.4, -0.2) is 47.5 Å². The molecule has 1 aliphatic heterocycles. The minimum Gasteiger partial charge on any atom is -0.444 e. The number of ether oxygens (including phenoxy) is 1. The molecule has 0 atom stereocenters. The maximum absolute atomic E-state index is 14.8. The first-order chi connectivity index (χ1) is 19.4. The summed E-state index contributed by atoms with van der Waals surface area (Å²) in [5, 5.41) is 3.64. The molecule has 11 heteroatoms. The first-order valence-electron chi connectivity index (χ1n) is 13.9. The molecule has 1 aliphatic carbocycles. The van der Waals surface area contributed by atoms with Gasteiger partial charge in [-0.05, 0) is 89.3 Å². The van der Waals surface area contributed by atoms with E-state index < -0.39 is 11.3 Å². The van der Waals surface area contributed by atoms with Crippen molar-refractivity contribution in [3.05, 3.63) is 69.8 Å². The van der Waals surface area contributed by atoms with Crippen LogP contribution in [0.3, 0.4) is 0 Å². The molecule has 0 bridgehead atoms. The Morgan fingerprint density at radius 2 is 1.85 bits per heavy atom. The topological polar surface area (TPSA) is 107 Å². The standard InChI is InChI=1S/C30H34FN7O3/c1-29(2,3)41-28(40)36-14-13-18-15-20(10-9-19(18)17-36)33-27-32-16-22-25(35-27)38(37(26(22)39)21-11-12-21)24-8-6-7-23(34-24)30(4,5)31/h6-10,15-16,21H,11-14,17H2,1-5H3,(H,32,33,35). The van der Waals surface area contributed by atoms with Crippen LogP contribution in [0.2, 0.25) is 0 Å². The van der Waals surface area contributed by atoms with E-state index in [1.165, 1.54) is 20.0 Å². The van der Waals surface area contributed by atoms with E-state index in [9.17, 15) is 14.0 Å². The number of hydrogen-bond donors (Lipinski definition) is 1. The second kappa shape index (κ2) is 9.67. The fourth-order valence-electron chi connectivity index (χ4n) is 5.04. The summed E-state index contributed by atoms with van der Waals surface area (Å²) in [4.78, 5) is 41.3. The number of nitrogens with one attached hydrogen (secondary N) is 1. The second-order valence-corrected chi connectivity index (χ2v) is 12.2. The monoisotopic (exact) mass is 559 g/mol. The summed E-state index contributed by atoms with van der Waals surface area (Å²) in [5.74, 6) is 0.757. The van der Waals surface area contributed by atoms with Gasteiger partial charge >= 0.3 is 6.09 Å². The molecule has 4 aromatic rings. The van der Waals surface area contributed by atoms with Crippen molar-refractivity contribution in [3.63, 3.8) is 0 Å². The van der Waals surface area contributed by atoms with Gasteiger partial charge in [-0.25, -0.2) is 28.5 Å². The largest absolute Gasteiger partial charge is 0.444 e. The van der Waals surface area contributed by atoms with Gasteiger partial charge in [0.1, 0.15) is 16.7 Å². The molecule has 4 heterocycles. The number of amides is 1. The molecule has 6 rings (SSSR count). The molecule has 1 saturated carbocycles. The Morgan fingerprint density at radius 1 is 1.07 bits per heavy atom. The van der Waals surface area contributed by atoms with Crippen molar-refractivity contribution in [3.8, 4) is 5.82 Å². The van der Waals surface area contributed by atoms with Crippen LogP contribution in [0.4, 0.5) is 20.8 Å². The fraction of sp³-hybridized carbons (Fsp3) is 0.433. The van der Waals surface area contributed by atoms with Crippen LogP contribution in [-0.2, 0) is 23.4 Å². The van der Waals surface area contributed by atoms with Crippen molar-refractivity contribution >= 4 is 28.8 Å². The van der Waals surface area contributed by atoms with Gasteiger partial charge in [0.15, 0.2) is 11.5 Å². The van der Waals surface area contributed by atoms with Crippen LogP contribution in [0.1, 0.15) is 70.3 Å². The average Bonchev–Trinajstić information content (AvgIpc) is 3.70. The number of hydrogen-bond acceptors (Lipinski definition) is 7. The Labute approximate surface area is 237 Å². The van der Waals surface area contributed by atoms with Gasteiger partial charge in [0.25, 0.3) is 5.56 Å². The molecular formula is C30H34FN7O3. The number of fused-ring (bicyclic) bond motifs is 2. The summed E-state index contributed by atoms with van der Waals surface area (Å²) in [6.07, 6.45) is 3.67. The van der Waals surface area contributed by atoms with Gasteiger partial charge in [0.2, 0.25) is 5.95 Å². The van der Waals surface area contributed by atoms with E-state index in [0.29, 0.717) is 42.3 Å². The highest BCUT2D eigenvalue weighted by molar-refractivity contribution is 5.77. The van der Waals surface area contributed by atoms with Crippen LogP contribution in [0.25, 0.3) is 16.9 Å². The zero-order valence-electron chi connectivity index (χ0n) is 23.9. The molecule has 0 spiro atoms. The lowest BCUT2D eigenvalue weighted by Crippen LogP contribution is -2.39. The lowest BCUT2D eigenvalue weighted by atomic mass is 9.99. The number of benzene rings is 1. The summed E-state index contributed by atoms with van der Waals surface area (Å²) in [6.45, 7) is 9.54. The highest BCUT2D eigenvalue weighted by atomic mass is 19.1. The highest BCUT2D eigenvalue weighted by Gasteiger charge is 2.32. The average molecular weight is 560 g/mol. The maximum atomic E-state index is 14.8. The molecule has 1 fully saturated rings. The molecule has 1 N–H and O–H groups in total. The number of carbonyl (C=O) groups excluding carboxylic acids is 1. The molecule has 10 nitrogen and oxygen atoms in total. The van der Waals surface area contributed by atoms with Crippen LogP contribution in [0.15, 0.2) is 47.4 Å². The lowest BCUT2D eigenvalue weighted by Gasteiger charge is -2.31. The highest BCUT2D eigenvalue weighted by Crippen LogP contribution is 2.36. The second-order valence-electron chi connectivity index (χ2n) is 12.2. The summed E-state index contributed by atoms with van der Waals surface area (Å²) < 4.78 is 23.6. The predicted octanol–water partition coefficient (Wildman–Crippen LogP) is 5.55. The molecule has 2 aliphatic rings. The SMILES string of the molecule is CC(C)(C)OC(=O)N1CCc2cc(Nc3ncc4c(=O)n(C5CC5)n(-c5cccc(C(C)(C)F)n5)c4n3)ccc2C1. The molecule has 3 aromatic heterocycles. The molecule has 0 radical (unpaired) electrons. The third-order valence-electron chi connectivity index (χ3n) is 7.20. The Morgan fingerprint density at radius 3 is 2.56 bits per heavy atom. The maximum Gasteiger partial charge on any atom is 0.410 e. The van der Waals surface area contributed by atoms with Crippen LogP contribution in [0.5, 0.6) is 0 Å². The van der Waals surface area contributed by atoms with Crippen LogP contribution >= 0.6 is 0 Å². The smallest absolute Gasteiger partial charge is 0.410 e. The van der Waals surface area contributed by atoms with Gasteiger partial charge in [-0.15, -0.1) is 0 Å². The molecular weight excluding hydrogens is 525 g/mol. The minimum absolute atomic E-state index is 0.0397. The zero-order chi connectivity index (χ0) is 29.1. The lowest BCUT2D eigenvalue weighted by molar-refractivity contribution is 0.0224. The predicted molar refractivity (Wildman–Crippen MR) is 153 cm³/mol. The van der Waals surface area contributed by atoms with Crippen molar-refractivity contribution in [2.24, 2.45) is 0 Å². The Balaban J connectivity index is 1.31. The molecule has 214 valence electrons. The van der Waals surface area contributed by atoms with Crippen molar-refractivity contribution in [1.29, 1.82) is 0 Å². The Bertz CT molecular complexity index is 1710. The Hall–Kier alpha value is -4.28. The van der Waals surface area contributed by atoms with E-state index >= 15 is 0 Å². The van der Waals surface area contributed by atoms with E-state index in [-0.39, 0.29) is 23.4 Å². The van der Waals surface area contributed by atoms with Crippen LogP contribution < -0.4 is 10.9 Å². The number of anilines is 2. The summed E-state index contributed by atoms with van der Waals surface area (Å²) >= 11 is 0. The van der Waals surface area contributed by atoms with Crippen LogP contribution in [0, 0.1) is 0 Å². The van der Waals surface area contributed by atoms with E-state index in [0.717, 1.165) is 29.7 Å². The zero-order valence-corrected chi connectivity index (χ0v) is 23.9. The number of pyridine rings is 1. The van der Waals surface area contributed by atoms with Gasteiger partial charge < -0.3 is 15.0 Å². The van der Waals surface area contributed by atoms with Gasteiger partial charge in [0.05, 0.1) is 11.7 Å². The normalized spacial score (nSPS) is 15.6. The quantitative estimate of drug-likeness (QED) is 0.341. The summed E-state index contributed by atoms with van der Waals surface area (Å²) in [7, 11) is 0. The first-order valence-corrected chi connectivity index (χ1v) is 13.9.